The van der Waals surface area contributed by atoms with Crippen LogP contribution in [0.1, 0.15) is 36.0 Å². The topological polar surface area (TPSA) is 29.5 Å². The molecule has 1 unspecified atom stereocenters. The maximum Gasteiger partial charge on any atom is 0.416 e. The summed E-state index contributed by atoms with van der Waals surface area (Å²) in [5.41, 5.74) is -0.711. The Morgan fingerprint density at radius 2 is 1.95 bits per heavy atom. The van der Waals surface area contributed by atoms with Gasteiger partial charge in [-0.3, -0.25) is 0 Å². The van der Waals surface area contributed by atoms with Crippen molar-refractivity contribution in [3.63, 3.8) is 0 Å². The van der Waals surface area contributed by atoms with E-state index in [1.807, 2.05) is 0 Å². The zero-order valence-corrected chi connectivity index (χ0v) is 10.8. The fourth-order valence-electron chi connectivity index (χ4n) is 2.57. The van der Waals surface area contributed by atoms with Gasteiger partial charge in [0, 0.05) is 19.6 Å². The smallest absolute Gasteiger partial charge is 0.385 e. The third kappa shape index (κ3) is 3.09. The second kappa shape index (κ2) is 5.13. The van der Waals surface area contributed by atoms with Gasteiger partial charge in [0.2, 0.25) is 0 Å². The van der Waals surface area contributed by atoms with Crippen molar-refractivity contribution in [3.8, 4) is 0 Å². The molecule has 0 amide bonds. The quantitative estimate of drug-likeness (QED) is 0.850. The summed E-state index contributed by atoms with van der Waals surface area (Å²) in [6.45, 7) is 2.62. The lowest BCUT2D eigenvalue weighted by Gasteiger charge is -2.28. The average molecular weight is 274 g/mol. The van der Waals surface area contributed by atoms with E-state index in [-0.39, 0.29) is 0 Å². The van der Waals surface area contributed by atoms with E-state index in [1.165, 1.54) is 6.07 Å². The Morgan fingerprint density at radius 3 is 2.58 bits per heavy atom. The molecule has 2 rings (SSSR count). The van der Waals surface area contributed by atoms with Crippen LogP contribution >= 0.6 is 0 Å². The van der Waals surface area contributed by atoms with Crippen molar-refractivity contribution < 1.29 is 23.0 Å². The van der Waals surface area contributed by atoms with E-state index < -0.39 is 17.3 Å². The minimum Gasteiger partial charge on any atom is -0.385 e. The minimum absolute atomic E-state index is 0.416. The molecule has 1 atom stereocenters. The van der Waals surface area contributed by atoms with Crippen LogP contribution in [0.4, 0.5) is 13.2 Å². The first kappa shape index (κ1) is 14.3. The first-order valence-corrected chi connectivity index (χ1v) is 6.31. The number of halogens is 3. The highest BCUT2D eigenvalue weighted by Crippen LogP contribution is 2.37. The molecule has 0 bridgehead atoms. The molecule has 1 aromatic rings. The molecule has 19 heavy (non-hydrogen) atoms. The highest BCUT2D eigenvalue weighted by atomic mass is 19.4. The third-order valence-electron chi connectivity index (χ3n) is 3.59. The first-order valence-electron chi connectivity index (χ1n) is 6.31. The van der Waals surface area contributed by atoms with Crippen LogP contribution in [0.25, 0.3) is 0 Å². The fourth-order valence-corrected chi connectivity index (χ4v) is 2.57. The fraction of sp³-hybridized carbons (Fsp3) is 0.571. The van der Waals surface area contributed by atoms with Gasteiger partial charge in [-0.2, -0.15) is 13.2 Å². The minimum atomic E-state index is -4.35. The lowest BCUT2D eigenvalue weighted by Crippen LogP contribution is -2.27. The molecule has 0 aliphatic carbocycles. The van der Waals surface area contributed by atoms with Crippen LogP contribution in [-0.2, 0) is 16.5 Å². The van der Waals surface area contributed by atoms with Crippen molar-refractivity contribution in [3.05, 3.63) is 34.9 Å². The Labute approximate surface area is 110 Å². The van der Waals surface area contributed by atoms with E-state index in [2.05, 4.69) is 0 Å². The van der Waals surface area contributed by atoms with Gasteiger partial charge < -0.3 is 9.84 Å². The van der Waals surface area contributed by atoms with Crippen molar-refractivity contribution in [2.24, 2.45) is 0 Å². The van der Waals surface area contributed by atoms with E-state index in [4.69, 9.17) is 4.74 Å². The van der Waals surface area contributed by atoms with Crippen LogP contribution in [-0.4, -0.2) is 18.3 Å². The molecule has 1 aliphatic rings. The van der Waals surface area contributed by atoms with Gasteiger partial charge in [0.1, 0.15) is 0 Å². The predicted molar refractivity (Wildman–Crippen MR) is 64.7 cm³/mol. The second-order valence-corrected chi connectivity index (χ2v) is 5.02. The highest BCUT2D eigenvalue weighted by Gasteiger charge is 2.35. The summed E-state index contributed by atoms with van der Waals surface area (Å²) in [5.74, 6) is 0. The predicted octanol–water partition coefficient (Wildman–Crippen LogP) is 3.40. The first-order chi connectivity index (χ1) is 8.83. The molecule has 0 spiro atoms. The van der Waals surface area contributed by atoms with Gasteiger partial charge in [-0.15, -0.1) is 0 Å². The van der Waals surface area contributed by atoms with Crippen LogP contribution in [0.15, 0.2) is 18.2 Å². The maximum atomic E-state index is 12.6. The van der Waals surface area contributed by atoms with E-state index >= 15 is 0 Å². The number of hydrogen-bond donors (Lipinski definition) is 1. The molecule has 5 heteroatoms. The van der Waals surface area contributed by atoms with Crippen molar-refractivity contribution >= 4 is 0 Å². The molecule has 2 nitrogen and oxygen atoms in total. The molecular formula is C14H17F3O2. The Balaban J connectivity index is 2.34. The molecule has 1 N–H and O–H groups in total. The zero-order chi connectivity index (χ0) is 14.1. The van der Waals surface area contributed by atoms with Crippen molar-refractivity contribution in [2.45, 2.75) is 38.0 Å². The van der Waals surface area contributed by atoms with E-state index in [0.29, 0.717) is 43.6 Å². The SMILES string of the molecule is Cc1cc(C(F)(F)F)ccc1C1(O)CCCOCC1. The third-order valence-corrected chi connectivity index (χ3v) is 3.59. The number of alkyl halides is 3. The Morgan fingerprint density at radius 1 is 1.21 bits per heavy atom. The van der Waals surface area contributed by atoms with Gasteiger partial charge in [0.15, 0.2) is 0 Å². The van der Waals surface area contributed by atoms with Gasteiger partial charge in [-0.25, -0.2) is 0 Å². The Bertz CT molecular complexity index is 446. The average Bonchev–Trinajstić information content (AvgIpc) is 2.53. The van der Waals surface area contributed by atoms with Crippen LogP contribution in [0.5, 0.6) is 0 Å². The van der Waals surface area contributed by atoms with E-state index in [9.17, 15) is 18.3 Å². The number of ether oxygens (including phenoxy) is 1. The molecule has 1 fully saturated rings. The Hall–Kier alpha value is -1.07. The summed E-state index contributed by atoms with van der Waals surface area (Å²) >= 11 is 0. The summed E-state index contributed by atoms with van der Waals surface area (Å²) in [5, 5.41) is 10.6. The molecule has 0 radical (unpaired) electrons. The summed E-state index contributed by atoms with van der Waals surface area (Å²) in [4.78, 5) is 0. The molecular weight excluding hydrogens is 257 g/mol. The van der Waals surface area contributed by atoms with Crippen molar-refractivity contribution in [1.29, 1.82) is 0 Å². The number of aliphatic hydroxyl groups is 1. The van der Waals surface area contributed by atoms with Crippen molar-refractivity contribution in [2.75, 3.05) is 13.2 Å². The van der Waals surface area contributed by atoms with Crippen LogP contribution in [0, 0.1) is 6.92 Å². The summed E-state index contributed by atoms with van der Waals surface area (Å²) in [6, 6.07) is 3.52. The monoisotopic (exact) mass is 274 g/mol. The van der Waals surface area contributed by atoms with Gasteiger partial charge in [-0.1, -0.05) is 6.07 Å². The summed E-state index contributed by atoms with van der Waals surface area (Å²) in [7, 11) is 0. The van der Waals surface area contributed by atoms with Crippen LogP contribution in [0.3, 0.4) is 0 Å². The van der Waals surface area contributed by atoms with E-state index in [0.717, 1.165) is 12.1 Å². The molecule has 106 valence electrons. The van der Waals surface area contributed by atoms with Gasteiger partial charge in [0.25, 0.3) is 0 Å². The second-order valence-electron chi connectivity index (χ2n) is 5.02. The maximum absolute atomic E-state index is 12.6. The lowest BCUT2D eigenvalue weighted by atomic mass is 9.83. The van der Waals surface area contributed by atoms with Gasteiger partial charge in [0.05, 0.1) is 11.2 Å². The molecule has 1 heterocycles. The summed E-state index contributed by atoms with van der Waals surface area (Å²) < 4.78 is 43.1. The largest absolute Gasteiger partial charge is 0.416 e. The Kier molecular flexibility index (Phi) is 3.87. The van der Waals surface area contributed by atoms with Crippen molar-refractivity contribution in [1.82, 2.24) is 0 Å². The molecule has 1 saturated heterocycles. The number of rotatable bonds is 1. The van der Waals surface area contributed by atoms with Gasteiger partial charge in [-0.05, 0) is 43.0 Å². The molecule has 1 aliphatic heterocycles. The number of hydrogen-bond acceptors (Lipinski definition) is 2. The van der Waals surface area contributed by atoms with Crippen LogP contribution < -0.4 is 0 Å². The highest BCUT2D eigenvalue weighted by molar-refractivity contribution is 5.36. The molecule has 0 aromatic heterocycles. The van der Waals surface area contributed by atoms with E-state index in [1.54, 1.807) is 6.92 Å². The van der Waals surface area contributed by atoms with Gasteiger partial charge >= 0.3 is 6.18 Å². The summed E-state index contributed by atoms with van der Waals surface area (Å²) in [6.07, 6.45) is -2.71. The number of aryl methyl sites for hydroxylation is 1. The van der Waals surface area contributed by atoms with Crippen LogP contribution in [0.2, 0.25) is 0 Å². The molecule has 0 saturated carbocycles. The molecule has 1 aromatic carbocycles. The normalized spacial score (nSPS) is 25.1. The standard InChI is InChI=1S/C14H17F3O2/c1-10-9-11(14(15,16)17)3-4-12(10)13(18)5-2-7-19-8-6-13/h3-4,9,18H,2,5-8H2,1H3. The number of benzene rings is 1. The zero-order valence-electron chi connectivity index (χ0n) is 10.8. The lowest BCUT2D eigenvalue weighted by molar-refractivity contribution is -0.137.